The predicted molar refractivity (Wildman–Crippen MR) is 115 cm³/mol. The molecular formula is C25H30F2O. The van der Waals surface area contributed by atoms with Crippen LogP contribution in [0.4, 0.5) is 8.78 Å². The molecule has 0 N–H and O–H groups in total. The second-order valence-electron chi connectivity index (χ2n) is 6.73. The lowest BCUT2D eigenvalue weighted by Crippen LogP contribution is -2.11. The molecule has 1 aliphatic rings. The summed E-state index contributed by atoms with van der Waals surface area (Å²) in [5.74, 6) is -1.96. The van der Waals surface area contributed by atoms with E-state index in [4.69, 9.17) is 4.74 Å². The van der Waals surface area contributed by atoms with Gasteiger partial charge in [0.05, 0.1) is 6.26 Å². The fraction of sp³-hybridized carbons (Fsp3) is 0.360. The van der Waals surface area contributed by atoms with Crippen LogP contribution < -0.4 is 4.74 Å². The molecule has 0 saturated heterocycles. The van der Waals surface area contributed by atoms with Crippen LogP contribution >= 0.6 is 0 Å². The molecule has 0 bridgehead atoms. The zero-order valence-electron chi connectivity index (χ0n) is 17.5. The van der Waals surface area contributed by atoms with E-state index in [0.717, 1.165) is 46.4 Å². The van der Waals surface area contributed by atoms with Crippen molar-refractivity contribution in [2.24, 2.45) is 0 Å². The van der Waals surface area contributed by atoms with Crippen LogP contribution in [0.3, 0.4) is 0 Å². The van der Waals surface area contributed by atoms with E-state index in [1.807, 2.05) is 33.1 Å². The first-order chi connectivity index (χ1) is 13.4. The monoisotopic (exact) mass is 384 g/mol. The largest absolute Gasteiger partial charge is 0.464 e. The highest BCUT2D eigenvalue weighted by Gasteiger charge is 2.29. The van der Waals surface area contributed by atoms with Crippen molar-refractivity contribution in [2.45, 2.75) is 59.8 Å². The molecule has 150 valence electrons. The highest BCUT2D eigenvalue weighted by Crippen LogP contribution is 2.41. The van der Waals surface area contributed by atoms with Gasteiger partial charge in [0.15, 0.2) is 0 Å². The maximum Gasteiger partial charge on any atom is 0.273 e. The fourth-order valence-electron chi connectivity index (χ4n) is 3.38. The Kier molecular flexibility index (Phi) is 7.17. The Labute approximate surface area is 167 Å². The average molecular weight is 385 g/mol. The van der Waals surface area contributed by atoms with Gasteiger partial charge in [-0.15, -0.1) is 0 Å². The SMILES string of the molecule is C=Cc1c(C)cc(-c2ccc(C(F)(F)CC)cc2)c2c1OC=C(CC)C2.CC. The van der Waals surface area contributed by atoms with Gasteiger partial charge in [0.25, 0.3) is 5.92 Å². The molecule has 1 nitrogen and oxygen atoms in total. The molecule has 3 rings (SSSR count). The van der Waals surface area contributed by atoms with Crippen molar-refractivity contribution >= 4 is 6.08 Å². The summed E-state index contributed by atoms with van der Waals surface area (Å²) in [5.41, 5.74) is 6.38. The lowest BCUT2D eigenvalue weighted by atomic mass is 9.87. The molecule has 2 aromatic rings. The van der Waals surface area contributed by atoms with Crippen LogP contribution in [0.5, 0.6) is 5.75 Å². The van der Waals surface area contributed by atoms with E-state index in [9.17, 15) is 8.78 Å². The molecule has 0 radical (unpaired) electrons. The minimum absolute atomic E-state index is 0.0578. The Balaban J connectivity index is 0.00000136. The number of allylic oxidation sites excluding steroid dienone is 1. The minimum atomic E-state index is -2.79. The predicted octanol–water partition coefficient (Wildman–Crippen LogP) is 8.06. The van der Waals surface area contributed by atoms with Gasteiger partial charge in [0.1, 0.15) is 5.75 Å². The molecule has 0 unspecified atom stereocenters. The van der Waals surface area contributed by atoms with Crippen LogP contribution in [0.1, 0.15) is 62.8 Å². The molecule has 0 spiro atoms. The van der Waals surface area contributed by atoms with Crippen LogP contribution in [0.2, 0.25) is 0 Å². The highest BCUT2D eigenvalue weighted by atomic mass is 19.3. The summed E-state index contributed by atoms with van der Waals surface area (Å²) in [4.78, 5) is 0. The van der Waals surface area contributed by atoms with Gasteiger partial charge in [0, 0.05) is 29.5 Å². The number of alkyl halides is 2. The summed E-state index contributed by atoms with van der Waals surface area (Å²) in [6.07, 6.45) is 5.15. The number of rotatable bonds is 5. The van der Waals surface area contributed by atoms with E-state index in [0.29, 0.717) is 0 Å². The van der Waals surface area contributed by atoms with Crippen LogP contribution in [0.15, 0.2) is 48.7 Å². The lowest BCUT2D eigenvalue weighted by molar-refractivity contribution is -0.00827. The maximum absolute atomic E-state index is 13.9. The van der Waals surface area contributed by atoms with E-state index >= 15 is 0 Å². The lowest BCUT2D eigenvalue weighted by Gasteiger charge is -2.24. The van der Waals surface area contributed by atoms with Gasteiger partial charge in [-0.25, -0.2) is 8.78 Å². The van der Waals surface area contributed by atoms with Gasteiger partial charge in [-0.2, -0.15) is 0 Å². The van der Waals surface area contributed by atoms with E-state index in [1.54, 1.807) is 12.1 Å². The van der Waals surface area contributed by atoms with Gasteiger partial charge in [-0.05, 0) is 35.6 Å². The number of halogens is 2. The van der Waals surface area contributed by atoms with Crippen LogP contribution in [-0.2, 0) is 12.3 Å². The van der Waals surface area contributed by atoms with Gasteiger partial charge < -0.3 is 4.74 Å². The van der Waals surface area contributed by atoms with Gasteiger partial charge >= 0.3 is 0 Å². The molecule has 28 heavy (non-hydrogen) atoms. The number of benzene rings is 2. The van der Waals surface area contributed by atoms with Crippen molar-refractivity contribution in [3.63, 3.8) is 0 Å². The van der Waals surface area contributed by atoms with E-state index < -0.39 is 5.92 Å². The van der Waals surface area contributed by atoms with E-state index in [1.165, 1.54) is 24.6 Å². The first-order valence-electron chi connectivity index (χ1n) is 10.0. The Bertz CT molecular complexity index is 861. The number of ether oxygens (including phenoxy) is 1. The van der Waals surface area contributed by atoms with Crippen molar-refractivity contribution < 1.29 is 13.5 Å². The van der Waals surface area contributed by atoms with E-state index in [2.05, 4.69) is 19.6 Å². The third-order valence-electron chi connectivity index (χ3n) is 5.10. The molecule has 0 fully saturated rings. The number of hydrogen-bond donors (Lipinski definition) is 0. The quantitative estimate of drug-likeness (QED) is 0.506. The average Bonchev–Trinajstić information content (AvgIpc) is 2.74. The zero-order valence-corrected chi connectivity index (χ0v) is 17.5. The minimum Gasteiger partial charge on any atom is -0.464 e. The topological polar surface area (TPSA) is 9.23 Å². The second-order valence-corrected chi connectivity index (χ2v) is 6.73. The number of fused-ring (bicyclic) bond motifs is 1. The maximum atomic E-state index is 13.9. The van der Waals surface area contributed by atoms with Crippen LogP contribution in [0.25, 0.3) is 17.2 Å². The number of hydrogen-bond acceptors (Lipinski definition) is 1. The molecule has 3 heteroatoms. The van der Waals surface area contributed by atoms with Crippen molar-refractivity contribution in [1.82, 2.24) is 0 Å². The van der Waals surface area contributed by atoms with Crippen molar-refractivity contribution in [1.29, 1.82) is 0 Å². The summed E-state index contributed by atoms with van der Waals surface area (Å²) in [5, 5.41) is 0. The Morgan fingerprint density at radius 3 is 2.32 bits per heavy atom. The molecule has 1 heterocycles. The van der Waals surface area contributed by atoms with Gasteiger partial charge in [0.2, 0.25) is 0 Å². The summed E-state index contributed by atoms with van der Waals surface area (Å²) in [7, 11) is 0. The van der Waals surface area contributed by atoms with Gasteiger partial charge in [-0.1, -0.05) is 70.7 Å². The molecule has 0 atom stereocenters. The molecular weight excluding hydrogens is 354 g/mol. The summed E-state index contributed by atoms with van der Waals surface area (Å²) in [6.45, 7) is 13.5. The molecule has 2 aromatic carbocycles. The van der Waals surface area contributed by atoms with Crippen LogP contribution in [0, 0.1) is 6.92 Å². The highest BCUT2D eigenvalue weighted by molar-refractivity contribution is 5.77. The fourth-order valence-corrected chi connectivity index (χ4v) is 3.38. The Morgan fingerprint density at radius 2 is 1.79 bits per heavy atom. The summed E-state index contributed by atoms with van der Waals surface area (Å²) in [6, 6.07) is 8.73. The summed E-state index contributed by atoms with van der Waals surface area (Å²) >= 11 is 0. The van der Waals surface area contributed by atoms with E-state index in [-0.39, 0.29) is 12.0 Å². The smallest absolute Gasteiger partial charge is 0.273 e. The molecule has 0 amide bonds. The normalized spacial score (nSPS) is 12.9. The first-order valence-corrected chi connectivity index (χ1v) is 10.0. The third-order valence-corrected chi connectivity index (χ3v) is 5.10. The molecule has 0 aromatic heterocycles. The summed E-state index contributed by atoms with van der Waals surface area (Å²) < 4.78 is 33.8. The third kappa shape index (κ3) is 4.19. The first kappa shape index (κ1) is 21.9. The number of aryl methyl sites for hydroxylation is 1. The van der Waals surface area contributed by atoms with Crippen molar-refractivity contribution in [3.8, 4) is 16.9 Å². The standard InChI is InChI=1S/C23H24F2O.C2H6/c1-5-16-13-21-20(12-15(4)19(6-2)22(21)26-14-16)17-8-10-18(11-9-17)23(24,25)7-3;1-2/h6,8-12,14H,2,5,7,13H2,1,3-4H3;1-2H3. The second kappa shape index (κ2) is 9.18. The molecule has 0 aliphatic carbocycles. The Morgan fingerprint density at radius 1 is 1.14 bits per heavy atom. The Hall–Kier alpha value is -2.42. The molecule has 0 saturated carbocycles. The van der Waals surface area contributed by atoms with Gasteiger partial charge in [-0.3, -0.25) is 0 Å². The molecule has 1 aliphatic heterocycles. The van der Waals surface area contributed by atoms with Crippen molar-refractivity contribution in [3.05, 3.63) is 71.0 Å². The van der Waals surface area contributed by atoms with Crippen molar-refractivity contribution in [2.75, 3.05) is 0 Å². The van der Waals surface area contributed by atoms with Crippen LogP contribution in [-0.4, -0.2) is 0 Å². The zero-order chi connectivity index (χ0) is 20.9.